The first-order valence-electron chi connectivity index (χ1n) is 12.4. The number of ether oxygens (including phenoxy) is 12. The second kappa shape index (κ2) is 31.9. The Kier molecular flexibility index (Phi) is 30.9. The van der Waals surface area contributed by atoms with Crippen molar-refractivity contribution >= 4 is 6.16 Å². The zero-order valence-corrected chi connectivity index (χ0v) is 21.9. The number of carbonyl (C=O) groups is 1. The summed E-state index contributed by atoms with van der Waals surface area (Å²) in [6, 6.07) is 0. The lowest BCUT2D eigenvalue weighted by Gasteiger charge is -2.09. The van der Waals surface area contributed by atoms with E-state index in [0.29, 0.717) is 106 Å². The van der Waals surface area contributed by atoms with Crippen LogP contribution in [0.2, 0.25) is 0 Å². The van der Waals surface area contributed by atoms with Gasteiger partial charge in [0.25, 0.3) is 0 Å². The molecule has 13 heteroatoms. The summed E-state index contributed by atoms with van der Waals surface area (Å²) in [5.41, 5.74) is 0. The van der Waals surface area contributed by atoms with Crippen molar-refractivity contribution in [2.24, 2.45) is 0 Å². The minimum absolute atomic E-state index is 0.238. The van der Waals surface area contributed by atoms with Crippen molar-refractivity contribution in [2.45, 2.75) is 13.8 Å². The van der Waals surface area contributed by atoms with E-state index < -0.39 is 6.16 Å². The molecule has 0 atom stereocenters. The molecular weight excluding hydrogens is 484 g/mol. The van der Waals surface area contributed by atoms with E-state index in [0.717, 1.165) is 0 Å². The van der Waals surface area contributed by atoms with Crippen molar-refractivity contribution in [1.82, 2.24) is 0 Å². The van der Waals surface area contributed by atoms with Crippen LogP contribution < -0.4 is 0 Å². The molecule has 0 aliphatic rings. The van der Waals surface area contributed by atoms with Crippen molar-refractivity contribution in [2.75, 3.05) is 133 Å². The van der Waals surface area contributed by atoms with Crippen molar-refractivity contribution < 1.29 is 61.6 Å². The first-order chi connectivity index (χ1) is 17.8. The molecule has 0 bridgehead atoms. The molecule has 0 aromatic carbocycles. The topological polar surface area (TPSA) is 128 Å². The fraction of sp³-hybridized carbons (Fsp3) is 0.957. The van der Waals surface area contributed by atoms with E-state index in [1.807, 2.05) is 13.8 Å². The number of hydrogen-bond donors (Lipinski definition) is 0. The predicted octanol–water partition coefficient (Wildman–Crippen LogP) is 1.26. The van der Waals surface area contributed by atoms with Gasteiger partial charge in [0, 0.05) is 13.2 Å². The molecule has 0 aromatic heterocycles. The van der Waals surface area contributed by atoms with Crippen LogP contribution in [-0.2, 0) is 56.8 Å². The summed E-state index contributed by atoms with van der Waals surface area (Å²) < 4.78 is 62.0. The summed E-state index contributed by atoms with van der Waals surface area (Å²) in [6.07, 6.45) is -0.884. The van der Waals surface area contributed by atoms with Crippen molar-refractivity contribution in [3.63, 3.8) is 0 Å². The quantitative estimate of drug-likeness (QED) is 0.0751. The van der Waals surface area contributed by atoms with Gasteiger partial charge in [-0.1, -0.05) is 0 Å². The Balaban J connectivity index is 3.14. The molecule has 0 radical (unpaired) electrons. The van der Waals surface area contributed by atoms with Crippen LogP contribution in [0.4, 0.5) is 4.79 Å². The maximum absolute atomic E-state index is 11.4. The Labute approximate surface area is 214 Å². The average Bonchev–Trinajstić information content (AvgIpc) is 2.88. The summed E-state index contributed by atoms with van der Waals surface area (Å²) in [6.45, 7) is 12.2. The Morgan fingerprint density at radius 3 is 0.833 bits per heavy atom. The van der Waals surface area contributed by atoms with Crippen LogP contribution in [0.25, 0.3) is 0 Å². The first kappa shape index (κ1) is 34.9. The zero-order valence-electron chi connectivity index (χ0n) is 21.9. The van der Waals surface area contributed by atoms with Crippen LogP contribution >= 0.6 is 0 Å². The van der Waals surface area contributed by atoms with Crippen LogP contribution in [0.1, 0.15) is 13.8 Å². The molecule has 0 fully saturated rings. The van der Waals surface area contributed by atoms with Gasteiger partial charge < -0.3 is 56.8 Å². The summed E-state index contributed by atoms with van der Waals surface area (Å²) in [7, 11) is 0. The van der Waals surface area contributed by atoms with E-state index in [-0.39, 0.29) is 26.8 Å². The molecule has 36 heavy (non-hydrogen) atoms. The highest BCUT2D eigenvalue weighted by atomic mass is 16.8. The van der Waals surface area contributed by atoms with Crippen molar-refractivity contribution in [3.05, 3.63) is 0 Å². The summed E-state index contributed by atoms with van der Waals surface area (Å²) in [5.74, 6) is 0. The molecule has 0 unspecified atom stereocenters. The van der Waals surface area contributed by atoms with E-state index in [9.17, 15) is 4.79 Å². The van der Waals surface area contributed by atoms with Gasteiger partial charge >= 0.3 is 6.16 Å². The smallest absolute Gasteiger partial charge is 0.407 e. The zero-order chi connectivity index (χ0) is 26.2. The fourth-order valence-electron chi connectivity index (χ4n) is 2.18. The Morgan fingerprint density at radius 1 is 0.361 bits per heavy atom. The van der Waals surface area contributed by atoms with Gasteiger partial charge in [-0.2, -0.15) is 0 Å². The highest BCUT2D eigenvalue weighted by molar-refractivity contribution is 5.59. The molecule has 0 spiro atoms. The molecule has 0 aliphatic carbocycles. The maximum Gasteiger partial charge on any atom is 0.512 e. The van der Waals surface area contributed by atoms with E-state index in [4.69, 9.17) is 56.8 Å². The van der Waals surface area contributed by atoms with Gasteiger partial charge in [-0.15, -0.1) is 0 Å². The Morgan fingerprint density at radius 2 is 0.583 bits per heavy atom. The SMILES string of the molecule is CCOCCOCCOCCOCCOCOC(=O)OCOCCOCCOCCOCCOCC. The third kappa shape index (κ3) is 30.9. The minimum atomic E-state index is -0.884. The standard InChI is InChI=1S/C23H46O13/c1-3-25-5-7-27-9-11-29-13-15-31-17-19-33-21-35-23(24)36-22-34-20-18-32-16-14-30-12-10-28-8-6-26-4-2/h3-22H2,1-2H3. The second-order valence-corrected chi connectivity index (χ2v) is 6.66. The van der Waals surface area contributed by atoms with E-state index >= 15 is 0 Å². The maximum atomic E-state index is 11.4. The first-order valence-corrected chi connectivity index (χ1v) is 12.4. The largest absolute Gasteiger partial charge is 0.512 e. The van der Waals surface area contributed by atoms with E-state index in [1.54, 1.807) is 0 Å². The molecule has 0 rings (SSSR count). The minimum Gasteiger partial charge on any atom is -0.407 e. The lowest BCUT2D eigenvalue weighted by molar-refractivity contribution is -0.0936. The number of carbonyl (C=O) groups excluding carboxylic acids is 1. The molecule has 216 valence electrons. The lowest BCUT2D eigenvalue weighted by atomic mass is 10.7. The fourth-order valence-corrected chi connectivity index (χ4v) is 2.18. The van der Waals surface area contributed by atoms with Crippen LogP contribution in [-0.4, -0.2) is 139 Å². The molecule has 0 aliphatic heterocycles. The molecule has 0 saturated heterocycles. The summed E-state index contributed by atoms with van der Waals surface area (Å²) >= 11 is 0. The monoisotopic (exact) mass is 530 g/mol. The van der Waals surface area contributed by atoms with Crippen LogP contribution in [0.5, 0.6) is 0 Å². The van der Waals surface area contributed by atoms with Gasteiger partial charge in [-0.25, -0.2) is 4.79 Å². The predicted molar refractivity (Wildman–Crippen MR) is 127 cm³/mol. The van der Waals surface area contributed by atoms with Gasteiger partial charge in [0.1, 0.15) is 0 Å². The molecule has 0 aromatic rings. The molecule has 0 heterocycles. The Bertz CT molecular complexity index is 393. The second-order valence-electron chi connectivity index (χ2n) is 6.66. The summed E-state index contributed by atoms with van der Waals surface area (Å²) in [4.78, 5) is 11.4. The lowest BCUT2D eigenvalue weighted by Crippen LogP contribution is -2.16. The van der Waals surface area contributed by atoms with Gasteiger partial charge in [0.05, 0.1) is 106 Å². The highest BCUT2D eigenvalue weighted by Gasteiger charge is 2.03. The molecular formula is C23H46O13. The number of rotatable bonds is 30. The third-order valence-corrected chi connectivity index (χ3v) is 3.90. The molecule has 0 saturated carbocycles. The van der Waals surface area contributed by atoms with Gasteiger partial charge in [-0.3, -0.25) is 0 Å². The van der Waals surface area contributed by atoms with Gasteiger partial charge in [-0.05, 0) is 13.8 Å². The number of hydrogen-bond acceptors (Lipinski definition) is 13. The van der Waals surface area contributed by atoms with Crippen molar-refractivity contribution in [3.8, 4) is 0 Å². The van der Waals surface area contributed by atoms with Crippen molar-refractivity contribution in [1.29, 1.82) is 0 Å². The molecule has 13 nitrogen and oxygen atoms in total. The highest BCUT2D eigenvalue weighted by Crippen LogP contribution is 1.90. The van der Waals surface area contributed by atoms with Crippen LogP contribution in [0.15, 0.2) is 0 Å². The van der Waals surface area contributed by atoms with Gasteiger partial charge in [0.15, 0.2) is 13.6 Å². The Hall–Kier alpha value is -1.13. The van der Waals surface area contributed by atoms with Gasteiger partial charge in [0.2, 0.25) is 0 Å². The van der Waals surface area contributed by atoms with Crippen LogP contribution in [0.3, 0.4) is 0 Å². The third-order valence-electron chi connectivity index (χ3n) is 3.90. The normalized spacial score (nSPS) is 11.2. The average molecular weight is 531 g/mol. The van der Waals surface area contributed by atoms with E-state index in [2.05, 4.69) is 0 Å². The van der Waals surface area contributed by atoms with Crippen LogP contribution in [0, 0.1) is 0 Å². The summed E-state index contributed by atoms with van der Waals surface area (Å²) in [5, 5.41) is 0. The molecule has 0 amide bonds. The molecule has 0 N–H and O–H groups in total. The van der Waals surface area contributed by atoms with E-state index in [1.165, 1.54) is 0 Å².